The number of hydrogen-bond donors (Lipinski definition) is 2. The van der Waals surface area contributed by atoms with E-state index in [1.807, 2.05) is 0 Å². The Bertz CT molecular complexity index is 855. The Morgan fingerprint density at radius 1 is 0.759 bits per heavy atom. The third-order valence-corrected chi connectivity index (χ3v) is 11.0. The van der Waals surface area contributed by atoms with Crippen molar-refractivity contribution in [1.29, 1.82) is 0 Å². The highest BCUT2D eigenvalue weighted by Gasteiger charge is 2.67. The largest absolute Gasteiger partial charge is 0.393 e. The third-order valence-electron chi connectivity index (χ3n) is 11.0. The van der Waals surface area contributed by atoms with Crippen molar-refractivity contribution in [2.24, 2.45) is 29.6 Å². The van der Waals surface area contributed by atoms with E-state index >= 15 is 0 Å². The van der Waals surface area contributed by atoms with Crippen molar-refractivity contribution in [2.75, 3.05) is 0 Å². The Morgan fingerprint density at radius 3 is 2.21 bits per heavy atom. The summed E-state index contributed by atoms with van der Waals surface area (Å²) in [5.74, 6) is 3.76. The van der Waals surface area contributed by atoms with Gasteiger partial charge >= 0.3 is 0 Å². The molecule has 8 rings (SSSR count). The smallest absolute Gasteiger partial charge is 0.0749 e. The first-order chi connectivity index (χ1) is 13.9. The lowest BCUT2D eigenvalue weighted by Crippen LogP contribution is -2.43. The average Bonchev–Trinajstić information content (AvgIpc) is 3.06. The molecule has 7 aliphatic carbocycles. The molecule has 7 bridgehead atoms. The normalized spacial score (nSPS) is 54.3. The number of benzene rings is 1. The minimum absolute atomic E-state index is 0.0378. The second-order valence-electron chi connectivity index (χ2n) is 12.5. The summed E-state index contributed by atoms with van der Waals surface area (Å²) in [6.07, 6.45) is 13.2. The van der Waals surface area contributed by atoms with E-state index in [1.165, 1.54) is 56.1 Å². The van der Waals surface area contributed by atoms with Crippen LogP contribution in [0.1, 0.15) is 87.3 Å². The molecule has 156 valence electrons. The van der Waals surface area contributed by atoms with Crippen LogP contribution in [0.5, 0.6) is 0 Å². The van der Waals surface area contributed by atoms with Crippen LogP contribution in [-0.2, 0) is 10.8 Å². The molecule has 7 fully saturated rings. The highest BCUT2D eigenvalue weighted by molar-refractivity contribution is 5.48. The quantitative estimate of drug-likeness (QED) is 0.742. The SMILES string of the molecule is Cc1c(C23CC4CC(O)CC(C2)C(C4)C3)cccc1C12CC3CC(CC1(O)C3)C2. The van der Waals surface area contributed by atoms with Crippen LogP contribution in [0, 0.1) is 36.5 Å². The Hall–Kier alpha value is -0.860. The van der Waals surface area contributed by atoms with Crippen LogP contribution in [-0.4, -0.2) is 21.9 Å². The van der Waals surface area contributed by atoms with Gasteiger partial charge in [0.1, 0.15) is 0 Å². The fraction of sp³-hybridized carbons (Fsp3) is 0.778. The van der Waals surface area contributed by atoms with Crippen LogP contribution in [0.2, 0.25) is 0 Å². The number of fused-ring (bicyclic) bond motifs is 2. The first-order valence-electron chi connectivity index (χ1n) is 12.4. The maximum absolute atomic E-state index is 11.7. The van der Waals surface area contributed by atoms with Crippen molar-refractivity contribution in [3.8, 4) is 0 Å². The Balaban J connectivity index is 1.33. The zero-order chi connectivity index (χ0) is 19.6. The predicted molar refractivity (Wildman–Crippen MR) is 114 cm³/mol. The van der Waals surface area contributed by atoms with Crippen molar-refractivity contribution >= 4 is 0 Å². The molecule has 2 heteroatoms. The van der Waals surface area contributed by atoms with Crippen molar-refractivity contribution in [2.45, 2.75) is 100 Å². The molecule has 1 aromatic rings. The van der Waals surface area contributed by atoms with Gasteiger partial charge in [0, 0.05) is 5.41 Å². The fourth-order valence-corrected chi connectivity index (χ4v) is 10.6. The van der Waals surface area contributed by atoms with Gasteiger partial charge < -0.3 is 10.2 Å². The monoisotopic (exact) mass is 392 g/mol. The Kier molecular flexibility index (Phi) is 3.36. The van der Waals surface area contributed by atoms with E-state index in [1.54, 1.807) is 5.56 Å². The fourth-order valence-electron chi connectivity index (χ4n) is 10.6. The molecule has 2 nitrogen and oxygen atoms in total. The Labute approximate surface area is 175 Å². The molecule has 0 aliphatic heterocycles. The zero-order valence-corrected chi connectivity index (χ0v) is 17.9. The van der Waals surface area contributed by atoms with Gasteiger partial charge in [0.15, 0.2) is 0 Å². The second-order valence-corrected chi connectivity index (χ2v) is 12.5. The standard InChI is InChI=1S/C27H36O2/c1-16-23(25-9-17-6-20(14-25)21(15-25)8-22(28)7-17)3-2-4-24(16)26-10-18-5-19(11-26)13-27(26,29)12-18/h2-4,17-22,28-29H,5-15H2,1H3. The van der Waals surface area contributed by atoms with E-state index in [4.69, 9.17) is 0 Å². The van der Waals surface area contributed by atoms with Gasteiger partial charge in [-0.3, -0.25) is 0 Å². The summed E-state index contributed by atoms with van der Waals surface area (Å²) in [5.41, 5.74) is 4.59. The third kappa shape index (κ3) is 2.16. The molecule has 2 N–H and O–H groups in total. The maximum atomic E-state index is 11.7. The molecule has 1 aromatic carbocycles. The highest BCUT2D eigenvalue weighted by atomic mass is 16.3. The molecule has 29 heavy (non-hydrogen) atoms. The van der Waals surface area contributed by atoms with Gasteiger partial charge in [-0.15, -0.1) is 0 Å². The predicted octanol–water partition coefficient (Wildman–Crippen LogP) is 5.02. The molecular formula is C27H36O2. The van der Waals surface area contributed by atoms with E-state index in [0.717, 1.165) is 49.4 Å². The molecule has 0 heterocycles. The van der Waals surface area contributed by atoms with Crippen molar-refractivity contribution in [3.63, 3.8) is 0 Å². The topological polar surface area (TPSA) is 40.5 Å². The van der Waals surface area contributed by atoms with E-state index < -0.39 is 5.60 Å². The first kappa shape index (κ1) is 17.8. The summed E-state index contributed by atoms with van der Waals surface area (Å²) in [6.45, 7) is 2.39. The van der Waals surface area contributed by atoms with Crippen molar-refractivity contribution in [3.05, 3.63) is 34.9 Å². The summed E-state index contributed by atoms with van der Waals surface area (Å²) in [7, 11) is 0. The van der Waals surface area contributed by atoms with Gasteiger partial charge in [-0.25, -0.2) is 0 Å². The number of aliphatic hydroxyl groups is 2. The molecule has 0 aromatic heterocycles. The van der Waals surface area contributed by atoms with Crippen LogP contribution < -0.4 is 0 Å². The van der Waals surface area contributed by atoms with Gasteiger partial charge in [0.05, 0.1) is 11.7 Å². The molecule has 7 saturated carbocycles. The van der Waals surface area contributed by atoms with Crippen molar-refractivity contribution < 1.29 is 10.2 Å². The highest BCUT2D eigenvalue weighted by Crippen LogP contribution is 2.69. The lowest BCUT2D eigenvalue weighted by atomic mass is 9.62. The van der Waals surface area contributed by atoms with Crippen LogP contribution in [0.4, 0.5) is 0 Å². The summed E-state index contributed by atoms with van der Waals surface area (Å²) in [6, 6.07) is 7.16. The number of hydrogen-bond acceptors (Lipinski definition) is 2. The molecule has 7 aliphatic rings. The average molecular weight is 393 g/mol. The second kappa shape index (κ2) is 5.49. The van der Waals surface area contributed by atoms with E-state index in [9.17, 15) is 10.2 Å². The number of aliphatic hydroxyl groups excluding tert-OH is 1. The first-order valence-corrected chi connectivity index (χ1v) is 12.4. The minimum Gasteiger partial charge on any atom is -0.393 e. The zero-order valence-electron chi connectivity index (χ0n) is 17.9. The lowest BCUT2D eigenvalue weighted by molar-refractivity contribution is -0.00508. The number of rotatable bonds is 2. The van der Waals surface area contributed by atoms with Gasteiger partial charge in [-0.1, -0.05) is 18.2 Å². The van der Waals surface area contributed by atoms with Gasteiger partial charge in [0.2, 0.25) is 0 Å². The van der Waals surface area contributed by atoms with Crippen LogP contribution in [0.3, 0.4) is 0 Å². The molecule has 0 radical (unpaired) electrons. The van der Waals surface area contributed by atoms with Gasteiger partial charge in [-0.05, 0) is 129 Å². The van der Waals surface area contributed by atoms with Crippen LogP contribution >= 0.6 is 0 Å². The van der Waals surface area contributed by atoms with E-state index in [-0.39, 0.29) is 11.5 Å². The van der Waals surface area contributed by atoms with Gasteiger partial charge in [-0.2, -0.15) is 0 Å². The van der Waals surface area contributed by atoms with E-state index in [2.05, 4.69) is 25.1 Å². The maximum Gasteiger partial charge on any atom is 0.0749 e. The molecular weight excluding hydrogens is 356 g/mol. The lowest BCUT2D eigenvalue weighted by Gasteiger charge is -2.43. The summed E-state index contributed by atoms with van der Waals surface area (Å²) >= 11 is 0. The van der Waals surface area contributed by atoms with E-state index in [0.29, 0.717) is 11.3 Å². The molecule has 7 atom stereocenters. The van der Waals surface area contributed by atoms with Crippen LogP contribution in [0.15, 0.2) is 18.2 Å². The van der Waals surface area contributed by atoms with Gasteiger partial charge in [0.25, 0.3) is 0 Å². The molecule has 7 unspecified atom stereocenters. The van der Waals surface area contributed by atoms with Crippen molar-refractivity contribution in [1.82, 2.24) is 0 Å². The summed E-state index contributed by atoms with van der Waals surface area (Å²) < 4.78 is 0. The molecule has 0 amide bonds. The van der Waals surface area contributed by atoms with Crippen LogP contribution in [0.25, 0.3) is 0 Å². The summed E-state index contributed by atoms with van der Waals surface area (Å²) in [5, 5.41) is 22.2. The molecule has 0 saturated heterocycles. The summed E-state index contributed by atoms with van der Waals surface area (Å²) in [4.78, 5) is 0. The minimum atomic E-state index is -0.437. The molecule has 0 spiro atoms. The Morgan fingerprint density at radius 2 is 1.45 bits per heavy atom.